The van der Waals surface area contributed by atoms with Gasteiger partial charge >= 0.3 is 0 Å². The lowest BCUT2D eigenvalue weighted by Gasteiger charge is -2.39. The molecule has 1 N–H and O–H groups in total. The average molecular weight is 304 g/mol. The largest absolute Gasteiger partial charge is 0.497 e. The number of nitrogens with zero attached hydrogens (tertiary/aromatic N) is 2. The highest BCUT2D eigenvalue weighted by Gasteiger charge is 2.42. The summed E-state index contributed by atoms with van der Waals surface area (Å²) >= 11 is 0. The van der Waals surface area contributed by atoms with Crippen molar-refractivity contribution in [3.05, 3.63) is 24.3 Å². The van der Waals surface area contributed by atoms with Crippen LogP contribution < -0.4 is 9.64 Å². The lowest BCUT2D eigenvalue weighted by atomic mass is 10.00. The highest BCUT2D eigenvalue weighted by molar-refractivity contribution is 5.85. The molecule has 1 saturated carbocycles. The number of aliphatic hydroxyl groups is 1. The summed E-state index contributed by atoms with van der Waals surface area (Å²) in [6.07, 6.45) is 3.13. The number of benzene rings is 1. The third-order valence-corrected chi connectivity index (χ3v) is 4.81. The van der Waals surface area contributed by atoms with Gasteiger partial charge in [-0.3, -0.25) is 4.79 Å². The monoisotopic (exact) mass is 304 g/mol. The first kappa shape index (κ1) is 15.2. The number of carbonyl (C=O) groups excluding carboxylic acids is 1. The van der Waals surface area contributed by atoms with Crippen LogP contribution in [0.4, 0.5) is 5.69 Å². The van der Waals surface area contributed by atoms with E-state index in [4.69, 9.17) is 4.74 Å². The molecule has 5 nitrogen and oxygen atoms in total. The minimum atomic E-state index is -1.10. The number of methoxy groups -OCH3 is 1. The van der Waals surface area contributed by atoms with E-state index in [9.17, 15) is 9.90 Å². The molecule has 0 spiro atoms. The summed E-state index contributed by atoms with van der Waals surface area (Å²) in [7, 11) is 1.66. The Morgan fingerprint density at radius 2 is 1.86 bits per heavy atom. The summed E-state index contributed by atoms with van der Waals surface area (Å²) in [6.45, 7) is 2.90. The SMILES string of the molecule is COc1cccc(N2CCN(C(=O)C3(O)CCCC3)CC2)c1. The van der Waals surface area contributed by atoms with Crippen LogP contribution in [0.5, 0.6) is 5.75 Å². The van der Waals surface area contributed by atoms with Crippen molar-refractivity contribution in [2.75, 3.05) is 38.2 Å². The van der Waals surface area contributed by atoms with E-state index in [1.807, 2.05) is 23.1 Å². The molecule has 0 radical (unpaired) electrons. The third-order valence-electron chi connectivity index (χ3n) is 4.81. The van der Waals surface area contributed by atoms with Crippen molar-refractivity contribution < 1.29 is 14.6 Å². The quantitative estimate of drug-likeness (QED) is 0.922. The number of hydrogen-bond acceptors (Lipinski definition) is 4. The van der Waals surface area contributed by atoms with Crippen LogP contribution in [0.1, 0.15) is 25.7 Å². The second-order valence-electron chi connectivity index (χ2n) is 6.22. The molecule has 0 bridgehead atoms. The van der Waals surface area contributed by atoms with Crippen molar-refractivity contribution in [1.29, 1.82) is 0 Å². The molecule has 1 aliphatic heterocycles. The summed E-state index contributed by atoms with van der Waals surface area (Å²) in [6, 6.07) is 7.98. The molecule has 1 saturated heterocycles. The molecule has 0 unspecified atom stereocenters. The van der Waals surface area contributed by atoms with Crippen LogP contribution >= 0.6 is 0 Å². The van der Waals surface area contributed by atoms with E-state index >= 15 is 0 Å². The Kier molecular flexibility index (Phi) is 4.25. The summed E-state index contributed by atoms with van der Waals surface area (Å²) in [5.74, 6) is 0.770. The van der Waals surface area contributed by atoms with Gasteiger partial charge in [0.1, 0.15) is 11.4 Å². The fourth-order valence-corrected chi connectivity index (χ4v) is 3.44. The van der Waals surface area contributed by atoms with Gasteiger partial charge in [0, 0.05) is 37.9 Å². The Labute approximate surface area is 131 Å². The van der Waals surface area contributed by atoms with Crippen LogP contribution in [-0.4, -0.2) is 54.8 Å². The van der Waals surface area contributed by atoms with E-state index in [1.54, 1.807) is 7.11 Å². The standard InChI is InChI=1S/C17H24N2O3/c1-22-15-6-4-5-14(13-15)18-9-11-19(12-10-18)16(20)17(21)7-2-3-8-17/h4-6,13,21H,2-3,7-12H2,1H3. The molecule has 3 rings (SSSR count). The van der Waals surface area contributed by atoms with E-state index in [0.29, 0.717) is 25.9 Å². The number of hydrogen-bond donors (Lipinski definition) is 1. The topological polar surface area (TPSA) is 53.0 Å². The number of anilines is 1. The van der Waals surface area contributed by atoms with Crippen molar-refractivity contribution in [3.8, 4) is 5.75 Å². The number of ether oxygens (including phenoxy) is 1. The summed E-state index contributed by atoms with van der Waals surface area (Å²) < 4.78 is 5.26. The Morgan fingerprint density at radius 1 is 1.18 bits per heavy atom. The van der Waals surface area contributed by atoms with Crippen molar-refractivity contribution in [3.63, 3.8) is 0 Å². The van der Waals surface area contributed by atoms with Crippen LogP contribution in [-0.2, 0) is 4.79 Å². The van der Waals surface area contributed by atoms with Gasteiger partial charge in [-0.05, 0) is 37.8 Å². The van der Waals surface area contributed by atoms with E-state index in [1.165, 1.54) is 0 Å². The lowest BCUT2D eigenvalue weighted by Crippen LogP contribution is -2.55. The maximum Gasteiger partial charge on any atom is 0.254 e. The fourth-order valence-electron chi connectivity index (χ4n) is 3.44. The maximum atomic E-state index is 12.5. The first-order valence-corrected chi connectivity index (χ1v) is 8.03. The third kappa shape index (κ3) is 2.90. The molecular weight excluding hydrogens is 280 g/mol. The first-order chi connectivity index (χ1) is 10.6. The van der Waals surface area contributed by atoms with E-state index in [2.05, 4.69) is 11.0 Å². The fraction of sp³-hybridized carbons (Fsp3) is 0.588. The highest BCUT2D eigenvalue weighted by atomic mass is 16.5. The highest BCUT2D eigenvalue weighted by Crippen LogP contribution is 2.32. The maximum absolute atomic E-state index is 12.5. The molecule has 2 fully saturated rings. The lowest BCUT2D eigenvalue weighted by molar-refractivity contribution is -0.151. The van der Waals surface area contributed by atoms with Crippen LogP contribution in [0.2, 0.25) is 0 Å². The molecule has 22 heavy (non-hydrogen) atoms. The van der Waals surface area contributed by atoms with Gasteiger partial charge in [-0.1, -0.05) is 6.07 Å². The van der Waals surface area contributed by atoms with Crippen LogP contribution in [0.3, 0.4) is 0 Å². The molecular formula is C17H24N2O3. The molecule has 0 atom stereocenters. The molecule has 0 aromatic heterocycles. The summed E-state index contributed by atoms with van der Waals surface area (Å²) in [5.41, 5.74) is 0.0176. The van der Waals surface area contributed by atoms with Gasteiger partial charge in [0.2, 0.25) is 0 Å². The summed E-state index contributed by atoms with van der Waals surface area (Å²) in [4.78, 5) is 16.6. The molecule has 1 aromatic rings. The number of rotatable bonds is 3. The zero-order valence-corrected chi connectivity index (χ0v) is 13.1. The predicted molar refractivity (Wildman–Crippen MR) is 85.2 cm³/mol. The van der Waals surface area contributed by atoms with Crippen LogP contribution in [0, 0.1) is 0 Å². The van der Waals surface area contributed by atoms with Crippen LogP contribution in [0.25, 0.3) is 0 Å². The first-order valence-electron chi connectivity index (χ1n) is 8.03. The average Bonchev–Trinajstić information content (AvgIpc) is 3.02. The van der Waals surface area contributed by atoms with Gasteiger partial charge < -0.3 is 19.6 Å². The minimum absolute atomic E-state index is 0.0738. The number of amides is 1. The van der Waals surface area contributed by atoms with Gasteiger partial charge in [0.25, 0.3) is 5.91 Å². The normalized spacial score (nSPS) is 21.0. The van der Waals surface area contributed by atoms with Crippen molar-refractivity contribution >= 4 is 11.6 Å². The zero-order chi connectivity index (χ0) is 15.6. The molecule has 1 amide bonds. The number of piperazine rings is 1. The molecule has 1 aromatic carbocycles. The Balaban J connectivity index is 1.61. The van der Waals surface area contributed by atoms with Crippen LogP contribution in [0.15, 0.2) is 24.3 Å². The van der Waals surface area contributed by atoms with Gasteiger partial charge in [-0.25, -0.2) is 0 Å². The predicted octanol–water partition coefficient (Wildman–Crippen LogP) is 1.65. The Morgan fingerprint density at radius 3 is 2.50 bits per heavy atom. The van der Waals surface area contributed by atoms with E-state index < -0.39 is 5.60 Å². The van der Waals surface area contributed by atoms with Crippen molar-refractivity contribution in [2.45, 2.75) is 31.3 Å². The van der Waals surface area contributed by atoms with E-state index in [-0.39, 0.29) is 5.91 Å². The van der Waals surface area contributed by atoms with Gasteiger partial charge in [0.15, 0.2) is 0 Å². The molecule has 1 heterocycles. The molecule has 2 aliphatic rings. The van der Waals surface area contributed by atoms with Gasteiger partial charge in [0.05, 0.1) is 7.11 Å². The van der Waals surface area contributed by atoms with Crippen molar-refractivity contribution in [2.24, 2.45) is 0 Å². The van der Waals surface area contributed by atoms with Gasteiger partial charge in [-0.2, -0.15) is 0 Å². The molecule has 120 valence electrons. The second kappa shape index (κ2) is 6.16. The van der Waals surface area contributed by atoms with Crippen molar-refractivity contribution in [1.82, 2.24) is 4.90 Å². The Hall–Kier alpha value is -1.75. The second-order valence-corrected chi connectivity index (χ2v) is 6.22. The summed E-state index contributed by atoms with van der Waals surface area (Å²) in [5, 5.41) is 10.4. The zero-order valence-electron chi connectivity index (χ0n) is 13.1. The number of carbonyl (C=O) groups is 1. The Bertz CT molecular complexity index is 532. The minimum Gasteiger partial charge on any atom is -0.497 e. The molecule has 1 aliphatic carbocycles. The van der Waals surface area contributed by atoms with Gasteiger partial charge in [-0.15, -0.1) is 0 Å². The van der Waals surface area contributed by atoms with E-state index in [0.717, 1.165) is 37.4 Å². The smallest absolute Gasteiger partial charge is 0.254 e. The molecule has 5 heteroatoms.